The predicted octanol–water partition coefficient (Wildman–Crippen LogP) is 0.491. The van der Waals surface area contributed by atoms with Crippen molar-refractivity contribution in [1.82, 2.24) is 9.97 Å². The number of benzene rings is 1. The molecule has 2 aromatic rings. The van der Waals surface area contributed by atoms with Gasteiger partial charge in [-0.15, -0.1) is 0 Å². The molecule has 0 atom stereocenters. The second kappa shape index (κ2) is 5.31. The summed E-state index contributed by atoms with van der Waals surface area (Å²) >= 11 is 0. The lowest BCUT2D eigenvalue weighted by molar-refractivity contribution is 0.598. The van der Waals surface area contributed by atoms with E-state index in [9.17, 15) is 8.42 Å². The zero-order valence-corrected chi connectivity index (χ0v) is 11.5. The largest absolute Gasteiger partial charge is 0.384 e. The van der Waals surface area contributed by atoms with E-state index >= 15 is 0 Å². The third-order valence-corrected chi connectivity index (χ3v) is 3.46. The van der Waals surface area contributed by atoms with Crippen LogP contribution in [0.2, 0.25) is 0 Å². The van der Waals surface area contributed by atoms with E-state index in [-0.39, 0.29) is 4.90 Å². The van der Waals surface area contributed by atoms with E-state index in [0.717, 1.165) is 0 Å². The first-order valence-electron chi connectivity index (χ1n) is 5.60. The molecule has 0 bridgehead atoms. The molecule has 0 spiro atoms. The normalized spacial score (nSPS) is 11.1. The van der Waals surface area contributed by atoms with Crippen LogP contribution in [0.15, 0.2) is 35.4 Å². The number of nitrogens with one attached hydrogen (secondary N) is 2. The number of nitrogens with two attached hydrogens (primary N) is 2. The molecular formula is C11H14N6O2S. The highest BCUT2D eigenvalue weighted by atomic mass is 32.2. The number of sulfonamides is 1. The SMILES string of the molecule is CNc1cnc(Nc2ccc(S(N)(=O)=O)cc2)nc1N. The molecule has 1 aromatic heterocycles. The van der Waals surface area contributed by atoms with E-state index in [4.69, 9.17) is 10.9 Å². The number of rotatable bonds is 4. The van der Waals surface area contributed by atoms with Crippen LogP contribution in [0.1, 0.15) is 0 Å². The van der Waals surface area contributed by atoms with Gasteiger partial charge in [-0.3, -0.25) is 0 Å². The molecule has 2 rings (SSSR count). The van der Waals surface area contributed by atoms with Gasteiger partial charge >= 0.3 is 0 Å². The highest BCUT2D eigenvalue weighted by molar-refractivity contribution is 7.89. The van der Waals surface area contributed by atoms with Gasteiger partial charge in [0.25, 0.3) is 0 Å². The smallest absolute Gasteiger partial charge is 0.238 e. The van der Waals surface area contributed by atoms with Gasteiger partial charge < -0.3 is 16.4 Å². The highest BCUT2D eigenvalue weighted by Gasteiger charge is 2.07. The van der Waals surface area contributed by atoms with Gasteiger partial charge in [0.15, 0.2) is 5.82 Å². The Bertz CT molecular complexity index is 714. The predicted molar refractivity (Wildman–Crippen MR) is 77.1 cm³/mol. The summed E-state index contributed by atoms with van der Waals surface area (Å²) in [6.45, 7) is 0. The van der Waals surface area contributed by atoms with Gasteiger partial charge in [0.05, 0.1) is 16.8 Å². The molecule has 0 aliphatic rings. The van der Waals surface area contributed by atoms with Gasteiger partial charge in [0.2, 0.25) is 16.0 Å². The van der Waals surface area contributed by atoms with Crippen molar-refractivity contribution in [2.24, 2.45) is 5.14 Å². The molecule has 0 saturated heterocycles. The fourth-order valence-electron chi connectivity index (χ4n) is 1.50. The summed E-state index contributed by atoms with van der Waals surface area (Å²) in [6, 6.07) is 5.91. The number of nitrogen functional groups attached to an aromatic ring is 1. The Labute approximate surface area is 116 Å². The molecule has 1 heterocycles. The molecule has 0 aliphatic heterocycles. The highest BCUT2D eigenvalue weighted by Crippen LogP contribution is 2.19. The average molecular weight is 294 g/mol. The molecule has 0 amide bonds. The molecule has 0 fully saturated rings. The quantitative estimate of drug-likeness (QED) is 0.644. The molecule has 0 unspecified atom stereocenters. The van der Waals surface area contributed by atoms with Crippen molar-refractivity contribution in [3.8, 4) is 0 Å². The topological polar surface area (TPSA) is 136 Å². The molecule has 106 valence electrons. The number of aromatic nitrogens is 2. The van der Waals surface area contributed by atoms with E-state index in [1.807, 2.05) is 0 Å². The third-order valence-electron chi connectivity index (χ3n) is 2.53. The van der Waals surface area contributed by atoms with Crippen LogP contribution >= 0.6 is 0 Å². The Hall–Kier alpha value is -2.39. The minimum Gasteiger partial charge on any atom is -0.384 e. The minimum atomic E-state index is -3.70. The van der Waals surface area contributed by atoms with Crippen LogP contribution in [-0.2, 0) is 10.0 Å². The second-order valence-electron chi connectivity index (χ2n) is 3.94. The second-order valence-corrected chi connectivity index (χ2v) is 5.50. The maximum Gasteiger partial charge on any atom is 0.238 e. The molecule has 0 aliphatic carbocycles. The zero-order valence-electron chi connectivity index (χ0n) is 10.7. The summed E-state index contributed by atoms with van der Waals surface area (Å²) in [6.07, 6.45) is 1.55. The Morgan fingerprint density at radius 1 is 1.20 bits per heavy atom. The lowest BCUT2D eigenvalue weighted by atomic mass is 10.3. The summed E-state index contributed by atoms with van der Waals surface area (Å²) < 4.78 is 22.3. The first-order chi connectivity index (χ1) is 9.40. The lowest BCUT2D eigenvalue weighted by Gasteiger charge is -2.08. The molecule has 0 radical (unpaired) electrons. The fourth-order valence-corrected chi connectivity index (χ4v) is 2.02. The molecule has 0 saturated carbocycles. The number of nitrogens with zero attached hydrogens (tertiary/aromatic N) is 2. The van der Waals surface area contributed by atoms with Crippen LogP contribution < -0.4 is 21.5 Å². The van der Waals surface area contributed by atoms with Crippen LogP contribution in [0.4, 0.5) is 23.1 Å². The maximum atomic E-state index is 11.1. The monoisotopic (exact) mass is 294 g/mol. The number of hydrogen-bond acceptors (Lipinski definition) is 7. The van der Waals surface area contributed by atoms with Crippen molar-refractivity contribution >= 4 is 33.2 Å². The van der Waals surface area contributed by atoms with Crippen molar-refractivity contribution in [3.63, 3.8) is 0 Å². The van der Waals surface area contributed by atoms with Gasteiger partial charge in [-0.1, -0.05) is 0 Å². The van der Waals surface area contributed by atoms with Crippen molar-refractivity contribution in [3.05, 3.63) is 30.5 Å². The molecule has 1 aromatic carbocycles. The van der Waals surface area contributed by atoms with Crippen molar-refractivity contribution in [2.75, 3.05) is 23.4 Å². The van der Waals surface area contributed by atoms with Gasteiger partial charge in [-0.05, 0) is 24.3 Å². The fraction of sp³-hybridized carbons (Fsp3) is 0.0909. The van der Waals surface area contributed by atoms with E-state index in [1.54, 1.807) is 25.4 Å². The summed E-state index contributed by atoms with van der Waals surface area (Å²) in [5.41, 5.74) is 6.96. The van der Waals surface area contributed by atoms with Crippen LogP contribution in [0, 0.1) is 0 Å². The van der Waals surface area contributed by atoms with E-state index in [1.165, 1.54) is 12.1 Å². The Morgan fingerprint density at radius 2 is 1.85 bits per heavy atom. The minimum absolute atomic E-state index is 0.0361. The molecular weight excluding hydrogens is 280 g/mol. The van der Waals surface area contributed by atoms with Crippen molar-refractivity contribution < 1.29 is 8.42 Å². The van der Waals surface area contributed by atoms with Crippen LogP contribution in [0.3, 0.4) is 0 Å². The van der Waals surface area contributed by atoms with Gasteiger partial charge in [-0.25, -0.2) is 18.5 Å². The Balaban J connectivity index is 2.20. The molecule has 6 N–H and O–H groups in total. The van der Waals surface area contributed by atoms with E-state index < -0.39 is 10.0 Å². The van der Waals surface area contributed by atoms with E-state index in [2.05, 4.69) is 20.6 Å². The number of hydrogen-bond donors (Lipinski definition) is 4. The van der Waals surface area contributed by atoms with Crippen molar-refractivity contribution in [2.45, 2.75) is 4.90 Å². The summed E-state index contributed by atoms with van der Waals surface area (Å²) in [7, 11) is -1.98. The first-order valence-corrected chi connectivity index (χ1v) is 7.15. The van der Waals surface area contributed by atoms with E-state index in [0.29, 0.717) is 23.1 Å². The third kappa shape index (κ3) is 3.13. The average Bonchev–Trinajstić information content (AvgIpc) is 2.38. The Morgan fingerprint density at radius 3 is 2.35 bits per heavy atom. The van der Waals surface area contributed by atoms with Gasteiger partial charge in [0, 0.05) is 12.7 Å². The summed E-state index contributed by atoms with van der Waals surface area (Å²) in [4.78, 5) is 8.17. The molecule has 8 nitrogen and oxygen atoms in total. The summed E-state index contributed by atoms with van der Waals surface area (Å²) in [5, 5.41) is 10.8. The Kier molecular flexibility index (Phi) is 3.72. The standard InChI is InChI=1S/C11H14N6O2S/c1-14-9-6-15-11(17-10(9)12)16-7-2-4-8(5-3-7)20(13,18)19/h2-6,14H,1H3,(H2,13,18,19)(H3,12,15,16,17). The lowest BCUT2D eigenvalue weighted by Crippen LogP contribution is -2.11. The molecule has 20 heavy (non-hydrogen) atoms. The number of anilines is 4. The van der Waals surface area contributed by atoms with Crippen LogP contribution in [0.5, 0.6) is 0 Å². The first kappa shape index (κ1) is 14.0. The van der Waals surface area contributed by atoms with Crippen LogP contribution in [-0.4, -0.2) is 25.4 Å². The maximum absolute atomic E-state index is 11.1. The summed E-state index contributed by atoms with van der Waals surface area (Å²) in [5.74, 6) is 0.621. The zero-order chi connectivity index (χ0) is 14.8. The molecule has 9 heteroatoms. The van der Waals surface area contributed by atoms with Gasteiger partial charge in [-0.2, -0.15) is 4.98 Å². The van der Waals surface area contributed by atoms with Crippen molar-refractivity contribution in [1.29, 1.82) is 0 Å². The van der Waals surface area contributed by atoms with Gasteiger partial charge in [0.1, 0.15) is 0 Å². The van der Waals surface area contributed by atoms with Crippen LogP contribution in [0.25, 0.3) is 0 Å². The number of primary sulfonamides is 1.